The molecule has 0 aromatic heterocycles. The van der Waals surface area contributed by atoms with Crippen LogP contribution in [-0.2, 0) is 6.42 Å². The summed E-state index contributed by atoms with van der Waals surface area (Å²) in [6.45, 7) is 2.34. The second-order valence-electron chi connectivity index (χ2n) is 7.52. The molecule has 0 aliphatic heterocycles. The van der Waals surface area contributed by atoms with Gasteiger partial charge < -0.3 is 9.64 Å². The van der Waals surface area contributed by atoms with Gasteiger partial charge in [0, 0.05) is 5.69 Å². The van der Waals surface area contributed by atoms with Crippen LogP contribution in [0.1, 0.15) is 37.7 Å². The van der Waals surface area contributed by atoms with Gasteiger partial charge in [-0.3, -0.25) is 5.32 Å². The summed E-state index contributed by atoms with van der Waals surface area (Å²) in [5.74, 6) is 1.60. The van der Waals surface area contributed by atoms with Crippen molar-refractivity contribution < 1.29 is 9.53 Å². The Balaban J connectivity index is 1.33. The first-order valence-electron chi connectivity index (χ1n) is 10.0. The summed E-state index contributed by atoms with van der Waals surface area (Å²) in [6, 6.07) is 17.1. The summed E-state index contributed by atoms with van der Waals surface area (Å²) in [6.07, 6.45) is 7.37. The van der Waals surface area contributed by atoms with E-state index in [1.807, 2.05) is 54.6 Å². The van der Waals surface area contributed by atoms with Gasteiger partial charge in [-0.15, -0.1) is 0 Å². The van der Waals surface area contributed by atoms with Crippen LogP contribution in [-0.4, -0.2) is 31.1 Å². The van der Waals surface area contributed by atoms with Gasteiger partial charge in [0.1, 0.15) is 5.75 Å². The first-order chi connectivity index (χ1) is 13.2. The summed E-state index contributed by atoms with van der Waals surface area (Å²) in [7, 11) is 2.22. The number of amides is 1. The Labute approximate surface area is 162 Å². The molecule has 0 heterocycles. The van der Waals surface area contributed by atoms with E-state index in [2.05, 4.69) is 17.3 Å². The van der Waals surface area contributed by atoms with Gasteiger partial charge in [-0.2, -0.15) is 0 Å². The zero-order chi connectivity index (χ0) is 18.9. The van der Waals surface area contributed by atoms with Crippen LogP contribution in [0, 0.1) is 5.92 Å². The fraction of sp³-hybridized carbons (Fsp3) is 0.435. The van der Waals surface area contributed by atoms with E-state index in [4.69, 9.17) is 4.74 Å². The Hall–Kier alpha value is -2.33. The normalized spacial score (nSPS) is 13.6. The largest absolute Gasteiger partial charge is 0.417 e. The highest BCUT2D eigenvalue weighted by Crippen LogP contribution is 2.33. The molecule has 1 N–H and O–H groups in total. The summed E-state index contributed by atoms with van der Waals surface area (Å²) in [5.41, 5.74) is 2.00. The number of hydrogen-bond donors (Lipinski definition) is 1. The van der Waals surface area contributed by atoms with Crippen LogP contribution in [0.2, 0.25) is 0 Å². The average Bonchev–Trinajstić information content (AvgIpc) is 3.48. The van der Waals surface area contributed by atoms with Crippen LogP contribution < -0.4 is 10.1 Å². The first-order valence-corrected chi connectivity index (χ1v) is 10.0. The first kappa shape index (κ1) is 19.4. The number of para-hydroxylation sites is 1. The van der Waals surface area contributed by atoms with Gasteiger partial charge >= 0.3 is 6.09 Å². The van der Waals surface area contributed by atoms with Crippen LogP contribution in [0.5, 0.6) is 5.75 Å². The van der Waals surface area contributed by atoms with Crippen molar-refractivity contribution in [3.63, 3.8) is 0 Å². The zero-order valence-electron chi connectivity index (χ0n) is 16.2. The topological polar surface area (TPSA) is 41.6 Å². The molecule has 1 aliphatic rings. The number of rotatable bonds is 10. The van der Waals surface area contributed by atoms with Crippen LogP contribution >= 0.6 is 0 Å². The maximum atomic E-state index is 11.9. The van der Waals surface area contributed by atoms with Crippen molar-refractivity contribution >= 4 is 11.8 Å². The molecule has 0 atom stereocenters. The minimum atomic E-state index is -0.471. The molecule has 0 saturated heterocycles. The lowest BCUT2D eigenvalue weighted by Crippen LogP contribution is -2.21. The van der Waals surface area contributed by atoms with E-state index in [-0.39, 0.29) is 0 Å². The highest BCUT2D eigenvalue weighted by Gasteiger charge is 2.20. The van der Waals surface area contributed by atoms with Gasteiger partial charge in [-0.25, -0.2) is 4.79 Å². The Bertz CT molecular complexity index is 696. The molecule has 2 aromatic carbocycles. The van der Waals surface area contributed by atoms with Gasteiger partial charge in [0.15, 0.2) is 0 Å². The van der Waals surface area contributed by atoms with E-state index >= 15 is 0 Å². The molecular weight excluding hydrogens is 336 g/mol. The molecule has 0 radical (unpaired) electrons. The molecule has 0 unspecified atom stereocenters. The molecule has 27 heavy (non-hydrogen) atoms. The Morgan fingerprint density at radius 2 is 1.74 bits per heavy atom. The van der Waals surface area contributed by atoms with Gasteiger partial charge in [0.2, 0.25) is 0 Å². The third kappa shape index (κ3) is 7.43. The van der Waals surface area contributed by atoms with Crippen molar-refractivity contribution in [3.8, 4) is 5.75 Å². The molecule has 1 aliphatic carbocycles. The molecule has 1 fully saturated rings. The molecule has 0 spiro atoms. The molecule has 1 saturated carbocycles. The molecule has 2 aromatic rings. The molecule has 3 rings (SSSR count). The smallest absolute Gasteiger partial charge is 0.410 e. The number of ether oxygens (including phenoxy) is 1. The third-order valence-electron chi connectivity index (χ3n) is 5.01. The number of carbonyl (C=O) groups is 1. The van der Waals surface area contributed by atoms with Crippen LogP contribution in [0.3, 0.4) is 0 Å². The Morgan fingerprint density at radius 1 is 1.04 bits per heavy atom. The van der Waals surface area contributed by atoms with E-state index in [0.717, 1.165) is 31.0 Å². The molecular formula is C23H30N2O2. The van der Waals surface area contributed by atoms with Crippen molar-refractivity contribution in [1.82, 2.24) is 4.90 Å². The lowest BCUT2D eigenvalue weighted by molar-refractivity contribution is 0.215. The van der Waals surface area contributed by atoms with E-state index in [9.17, 15) is 4.79 Å². The molecule has 4 nitrogen and oxygen atoms in total. The fourth-order valence-electron chi connectivity index (χ4n) is 3.22. The lowest BCUT2D eigenvalue weighted by Gasteiger charge is -2.16. The summed E-state index contributed by atoms with van der Waals surface area (Å²) < 4.78 is 5.33. The molecule has 4 heteroatoms. The third-order valence-corrected chi connectivity index (χ3v) is 5.01. The zero-order valence-corrected chi connectivity index (χ0v) is 16.2. The maximum Gasteiger partial charge on any atom is 0.417 e. The SMILES string of the molecule is CN(CCCc1ccc(OC(=O)Nc2ccccc2)cc1)CCCC1CC1. The average molecular weight is 367 g/mol. The summed E-state index contributed by atoms with van der Waals surface area (Å²) >= 11 is 0. The Morgan fingerprint density at radius 3 is 2.44 bits per heavy atom. The van der Waals surface area contributed by atoms with E-state index in [1.54, 1.807) is 0 Å². The van der Waals surface area contributed by atoms with Crippen molar-refractivity contribution in [3.05, 3.63) is 60.2 Å². The lowest BCUT2D eigenvalue weighted by atomic mass is 10.1. The number of hydrogen-bond acceptors (Lipinski definition) is 3. The van der Waals surface area contributed by atoms with Crippen LogP contribution in [0.25, 0.3) is 0 Å². The number of aryl methyl sites for hydroxylation is 1. The highest BCUT2D eigenvalue weighted by molar-refractivity contribution is 5.86. The molecule has 144 valence electrons. The number of carbonyl (C=O) groups excluding carboxylic acids is 1. The van der Waals surface area contributed by atoms with E-state index in [1.165, 1.54) is 37.8 Å². The Kier molecular flexibility index (Phi) is 7.28. The quantitative estimate of drug-likeness (QED) is 0.616. The number of nitrogens with zero attached hydrogens (tertiary/aromatic N) is 1. The summed E-state index contributed by atoms with van der Waals surface area (Å²) in [4.78, 5) is 14.3. The number of anilines is 1. The highest BCUT2D eigenvalue weighted by atomic mass is 16.6. The van der Waals surface area contributed by atoms with Gasteiger partial charge in [0.05, 0.1) is 0 Å². The summed E-state index contributed by atoms with van der Waals surface area (Å²) in [5, 5.41) is 2.71. The molecule has 0 bridgehead atoms. The van der Waals surface area contributed by atoms with Crippen molar-refractivity contribution in [2.75, 3.05) is 25.5 Å². The maximum absolute atomic E-state index is 11.9. The predicted octanol–water partition coefficient (Wildman–Crippen LogP) is 5.35. The standard InChI is InChI=1S/C23H30N2O2/c1-25(17-5-7-19-11-12-19)18-6-8-20-13-15-22(16-14-20)27-23(26)24-21-9-3-2-4-10-21/h2-4,9-10,13-16,19H,5-8,11-12,17-18H2,1H3,(H,24,26). The number of benzene rings is 2. The van der Waals surface area contributed by atoms with Crippen LogP contribution in [0.15, 0.2) is 54.6 Å². The van der Waals surface area contributed by atoms with Gasteiger partial charge in [-0.05, 0) is 81.6 Å². The van der Waals surface area contributed by atoms with Crippen molar-refractivity contribution in [2.45, 2.75) is 38.5 Å². The monoisotopic (exact) mass is 366 g/mol. The second-order valence-corrected chi connectivity index (χ2v) is 7.52. The molecule has 1 amide bonds. The minimum Gasteiger partial charge on any atom is -0.410 e. The van der Waals surface area contributed by atoms with Crippen molar-refractivity contribution in [2.24, 2.45) is 5.92 Å². The number of nitrogens with one attached hydrogen (secondary N) is 1. The van der Waals surface area contributed by atoms with E-state index in [0.29, 0.717) is 5.75 Å². The fourth-order valence-corrected chi connectivity index (χ4v) is 3.22. The van der Waals surface area contributed by atoms with Gasteiger partial charge in [-0.1, -0.05) is 43.2 Å². The van der Waals surface area contributed by atoms with Crippen molar-refractivity contribution in [1.29, 1.82) is 0 Å². The van der Waals surface area contributed by atoms with E-state index < -0.39 is 6.09 Å². The second kappa shape index (κ2) is 10.1. The van der Waals surface area contributed by atoms with Gasteiger partial charge in [0.25, 0.3) is 0 Å². The minimum absolute atomic E-state index is 0.471. The predicted molar refractivity (Wildman–Crippen MR) is 110 cm³/mol. The van der Waals surface area contributed by atoms with Crippen LogP contribution in [0.4, 0.5) is 10.5 Å².